The van der Waals surface area contributed by atoms with Crippen LogP contribution >= 0.6 is 0 Å². The van der Waals surface area contributed by atoms with E-state index in [9.17, 15) is 4.79 Å². The Hall–Kier alpha value is -2.63. The molecule has 0 aromatic heterocycles. The van der Waals surface area contributed by atoms with Gasteiger partial charge in [-0.05, 0) is 41.5 Å². The zero-order valence-corrected chi connectivity index (χ0v) is 15.7. The molecule has 3 atom stereocenters. The standard InChI is InChI=1S/C23H25NO4/c25-23(26)13-18-8-4-7-17(11-18)12-19-20(22-10-9-21(19)28-22)14-24-27-15-16-5-2-1-3-6-16/h1-8,11,14,19,21-22,24H,9-10,12-13,15H2,(H,25,26)/t19-,21-,22+/m1/s1. The molecular formula is C23H25NO4. The lowest BCUT2D eigenvalue weighted by molar-refractivity contribution is -0.136. The van der Waals surface area contributed by atoms with Crippen LogP contribution in [0.25, 0.3) is 0 Å². The molecule has 2 heterocycles. The molecule has 5 heteroatoms. The fraction of sp³-hybridized carbons (Fsp3) is 0.348. The fourth-order valence-electron chi connectivity index (χ4n) is 4.21. The number of carboxylic acid groups (broad SMARTS) is 1. The highest BCUT2D eigenvalue weighted by Gasteiger charge is 2.44. The van der Waals surface area contributed by atoms with E-state index in [0.29, 0.717) is 12.5 Å². The minimum atomic E-state index is -0.805. The molecule has 146 valence electrons. The molecule has 2 bridgehead atoms. The molecule has 2 saturated heterocycles. The first-order chi connectivity index (χ1) is 13.7. The molecule has 0 unspecified atom stereocenters. The quantitative estimate of drug-likeness (QED) is 0.541. The van der Waals surface area contributed by atoms with E-state index in [1.807, 2.05) is 54.7 Å². The van der Waals surface area contributed by atoms with Crippen molar-refractivity contribution in [3.63, 3.8) is 0 Å². The van der Waals surface area contributed by atoms with Crippen LogP contribution in [-0.2, 0) is 33.8 Å². The molecule has 2 N–H and O–H groups in total. The summed E-state index contributed by atoms with van der Waals surface area (Å²) in [6, 6.07) is 17.9. The van der Waals surface area contributed by atoms with Crippen molar-refractivity contribution < 1.29 is 19.5 Å². The molecule has 2 fully saturated rings. The lowest BCUT2D eigenvalue weighted by Gasteiger charge is -2.22. The Morgan fingerprint density at radius 1 is 1.11 bits per heavy atom. The van der Waals surface area contributed by atoms with Gasteiger partial charge in [-0.1, -0.05) is 54.6 Å². The lowest BCUT2D eigenvalue weighted by Crippen LogP contribution is -2.23. The molecule has 2 aliphatic heterocycles. The molecule has 2 aromatic carbocycles. The third-order valence-electron chi connectivity index (χ3n) is 5.49. The van der Waals surface area contributed by atoms with Crippen molar-refractivity contribution in [2.24, 2.45) is 5.92 Å². The van der Waals surface area contributed by atoms with Crippen LogP contribution in [0.4, 0.5) is 0 Å². The van der Waals surface area contributed by atoms with E-state index < -0.39 is 5.97 Å². The van der Waals surface area contributed by atoms with Crippen LogP contribution in [-0.4, -0.2) is 23.3 Å². The summed E-state index contributed by atoms with van der Waals surface area (Å²) in [7, 11) is 0. The summed E-state index contributed by atoms with van der Waals surface area (Å²) in [5.74, 6) is -0.507. The average molecular weight is 379 g/mol. The van der Waals surface area contributed by atoms with Gasteiger partial charge in [0, 0.05) is 12.1 Å². The minimum absolute atomic E-state index is 0.0542. The molecule has 0 radical (unpaired) electrons. The number of carbonyl (C=O) groups is 1. The van der Waals surface area contributed by atoms with Gasteiger partial charge >= 0.3 is 5.97 Å². The molecular weight excluding hydrogens is 354 g/mol. The summed E-state index contributed by atoms with van der Waals surface area (Å²) in [5.41, 5.74) is 7.34. The number of nitrogens with one attached hydrogen (secondary N) is 1. The van der Waals surface area contributed by atoms with Gasteiger partial charge in [0.15, 0.2) is 0 Å². The van der Waals surface area contributed by atoms with E-state index in [-0.39, 0.29) is 18.6 Å². The lowest BCUT2D eigenvalue weighted by atomic mass is 9.81. The second-order valence-electron chi connectivity index (χ2n) is 7.48. The molecule has 2 aliphatic rings. The molecule has 0 amide bonds. The van der Waals surface area contributed by atoms with Crippen LogP contribution in [0.15, 0.2) is 66.4 Å². The highest BCUT2D eigenvalue weighted by atomic mass is 16.6. The van der Waals surface area contributed by atoms with Gasteiger partial charge in [-0.2, -0.15) is 0 Å². The number of hydrogen-bond acceptors (Lipinski definition) is 4. The molecule has 4 rings (SSSR count). The first kappa shape index (κ1) is 18.7. The summed E-state index contributed by atoms with van der Waals surface area (Å²) < 4.78 is 6.12. The van der Waals surface area contributed by atoms with Crippen molar-refractivity contribution in [2.75, 3.05) is 0 Å². The number of aliphatic carboxylic acids is 1. The fourth-order valence-corrected chi connectivity index (χ4v) is 4.21. The van der Waals surface area contributed by atoms with Crippen LogP contribution in [0.3, 0.4) is 0 Å². The third-order valence-corrected chi connectivity index (χ3v) is 5.49. The van der Waals surface area contributed by atoms with E-state index in [1.54, 1.807) is 0 Å². The number of fused-ring (bicyclic) bond motifs is 2. The van der Waals surface area contributed by atoms with Crippen molar-refractivity contribution in [3.8, 4) is 0 Å². The first-order valence-electron chi connectivity index (χ1n) is 9.75. The second-order valence-corrected chi connectivity index (χ2v) is 7.48. The van der Waals surface area contributed by atoms with Crippen LogP contribution in [0, 0.1) is 5.92 Å². The highest BCUT2D eigenvalue weighted by Crippen LogP contribution is 2.44. The van der Waals surface area contributed by atoms with Crippen molar-refractivity contribution >= 4 is 5.97 Å². The zero-order valence-electron chi connectivity index (χ0n) is 15.7. The first-order valence-corrected chi connectivity index (χ1v) is 9.75. The number of rotatable bonds is 8. The van der Waals surface area contributed by atoms with Gasteiger partial charge in [-0.15, -0.1) is 0 Å². The van der Waals surface area contributed by atoms with Gasteiger partial charge in [-0.25, -0.2) is 0 Å². The van der Waals surface area contributed by atoms with E-state index in [1.165, 1.54) is 5.57 Å². The minimum Gasteiger partial charge on any atom is -0.481 e. The summed E-state index contributed by atoms with van der Waals surface area (Å²) in [5, 5.41) is 9.02. The summed E-state index contributed by atoms with van der Waals surface area (Å²) in [6.45, 7) is 0.501. The van der Waals surface area contributed by atoms with Crippen LogP contribution in [0.5, 0.6) is 0 Å². The Labute approximate surface area is 164 Å². The van der Waals surface area contributed by atoms with Crippen molar-refractivity contribution in [3.05, 3.63) is 83.1 Å². The largest absolute Gasteiger partial charge is 0.481 e. The highest BCUT2D eigenvalue weighted by molar-refractivity contribution is 5.70. The van der Waals surface area contributed by atoms with Crippen LogP contribution in [0.1, 0.15) is 29.5 Å². The van der Waals surface area contributed by atoms with Crippen molar-refractivity contribution in [2.45, 2.75) is 44.5 Å². The molecule has 28 heavy (non-hydrogen) atoms. The van der Waals surface area contributed by atoms with Gasteiger partial charge < -0.3 is 9.84 Å². The maximum absolute atomic E-state index is 11.0. The van der Waals surface area contributed by atoms with Crippen molar-refractivity contribution in [1.82, 2.24) is 5.48 Å². The Balaban J connectivity index is 1.40. The van der Waals surface area contributed by atoms with E-state index in [4.69, 9.17) is 14.7 Å². The average Bonchev–Trinajstić information content (AvgIpc) is 3.28. The predicted molar refractivity (Wildman–Crippen MR) is 105 cm³/mol. The Bertz CT molecular complexity index is 849. The maximum Gasteiger partial charge on any atom is 0.307 e. The molecule has 0 saturated carbocycles. The van der Waals surface area contributed by atoms with Gasteiger partial charge in [0.25, 0.3) is 0 Å². The monoisotopic (exact) mass is 379 g/mol. The zero-order chi connectivity index (χ0) is 19.3. The molecule has 5 nitrogen and oxygen atoms in total. The van der Waals surface area contributed by atoms with Gasteiger partial charge in [0.1, 0.15) is 0 Å². The Kier molecular flexibility index (Phi) is 5.74. The summed E-state index contributed by atoms with van der Waals surface area (Å²) in [6.07, 6.45) is 5.37. The number of hydroxylamine groups is 1. The number of benzene rings is 2. The Morgan fingerprint density at radius 3 is 2.71 bits per heavy atom. The molecule has 2 aromatic rings. The maximum atomic E-state index is 11.0. The smallest absolute Gasteiger partial charge is 0.307 e. The summed E-state index contributed by atoms with van der Waals surface area (Å²) >= 11 is 0. The van der Waals surface area contributed by atoms with Gasteiger partial charge in [-0.3, -0.25) is 15.1 Å². The molecule has 0 aliphatic carbocycles. The normalized spacial score (nSPS) is 24.6. The summed E-state index contributed by atoms with van der Waals surface area (Å²) in [4.78, 5) is 16.6. The van der Waals surface area contributed by atoms with E-state index in [2.05, 4.69) is 11.5 Å². The number of ether oxygens (including phenoxy) is 1. The predicted octanol–water partition coefficient (Wildman–Crippen LogP) is 3.64. The van der Waals surface area contributed by atoms with E-state index >= 15 is 0 Å². The second kappa shape index (κ2) is 8.59. The van der Waals surface area contributed by atoms with Crippen LogP contribution < -0.4 is 5.48 Å². The third kappa shape index (κ3) is 4.43. The topological polar surface area (TPSA) is 67.8 Å². The van der Waals surface area contributed by atoms with Gasteiger partial charge in [0.2, 0.25) is 0 Å². The SMILES string of the molecule is O=C(O)Cc1cccc(C[C@@H]2C(=CNOCc3ccccc3)[C@@H]3CC[C@H]2O3)c1. The molecule has 0 spiro atoms. The van der Waals surface area contributed by atoms with E-state index in [0.717, 1.165) is 36.0 Å². The number of hydrogen-bond donors (Lipinski definition) is 2. The van der Waals surface area contributed by atoms with Crippen molar-refractivity contribution in [1.29, 1.82) is 0 Å². The van der Waals surface area contributed by atoms with Crippen LogP contribution in [0.2, 0.25) is 0 Å². The Morgan fingerprint density at radius 2 is 1.89 bits per heavy atom. The van der Waals surface area contributed by atoms with Gasteiger partial charge in [0.05, 0.1) is 25.2 Å². The number of carboxylic acids is 1.